The zero-order valence-corrected chi connectivity index (χ0v) is 9.73. The van der Waals surface area contributed by atoms with Crippen molar-refractivity contribution in [1.82, 2.24) is 4.57 Å². The van der Waals surface area contributed by atoms with E-state index >= 15 is 0 Å². The molecule has 0 aliphatic carbocycles. The quantitative estimate of drug-likeness (QED) is 0.855. The second-order valence-electron chi connectivity index (χ2n) is 3.78. The zero-order chi connectivity index (χ0) is 11.5. The number of fused-ring (bicyclic) bond motifs is 1. The van der Waals surface area contributed by atoms with E-state index in [0.29, 0.717) is 6.42 Å². The van der Waals surface area contributed by atoms with Crippen LogP contribution in [-0.4, -0.2) is 23.4 Å². The predicted molar refractivity (Wildman–Crippen MR) is 65.0 cm³/mol. The van der Waals surface area contributed by atoms with Gasteiger partial charge in [0.2, 0.25) is 0 Å². The third-order valence-electron chi connectivity index (χ3n) is 2.88. The van der Waals surface area contributed by atoms with Crippen molar-refractivity contribution in [2.24, 2.45) is 0 Å². The molecule has 16 heavy (non-hydrogen) atoms. The largest absolute Gasteiger partial charge is 0.497 e. The summed E-state index contributed by atoms with van der Waals surface area (Å²) in [5.74, 6) is 0.872. The predicted octanol–water partition coefficient (Wildman–Crippen LogP) is 2.20. The Morgan fingerprint density at radius 1 is 1.31 bits per heavy atom. The van der Waals surface area contributed by atoms with Gasteiger partial charge in [0.25, 0.3) is 0 Å². The molecule has 3 nitrogen and oxygen atoms in total. The van der Waals surface area contributed by atoms with Gasteiger partial charge in [0.05, 0.1) is 7.11 Å². The molecule has 0 aliphatic heterocycles. The van der Waals surface area contributed by atoms with Gasteiger partial charge in [-0.05, 0) is 31.2 Å². The molecule has 0 radical (unpaired) electrons. The highest BCUT2D eigenvalue weighted by Gasteiger charge is 2.07. The fourth-order valence-electron chi connectivity index (χ4n) is 2.13. The van der Waals surface area contributed by atoms with Gasteiger partial charge in [-0.15, -0.1) is 0 Å². The van der Waals surface area contributed by atoms with E-state index in [9.17, 15) is 0 Å². The molecule has 3 heteroatoms. The second kappa shape index (κ2) is 4.58. The highest BCUT2D eigenvalue weighted by Crippen LogP contribution is 2.24. The molecule has 0 atom stereocenters. The van der Waals surface area contributed by atoms with Crippen LogP contribution in [0.4, 0.5) is 0 Å². The van der Waals surface area contributed by atoms with Crippen LogP contribution >= 0.6 is 0 Å². The van der Waals surface area contributed by atoms with Crippen molar-refractivity contribution in [1.29, 1.82) is 0 Å². The fourth-order valence-corrected chi connectivity index (χ4v) is 2.13. The topological polar surface area (TPSA) is 34.4 Å². The Morgan fingerprint density at radius 2 is 2.12 bits per heavy atom. The Morgan fingerprint density at radius 3 is 2.75 bits per heavy atom. The summed E-state index contributed by atoms with van der Waals surface area (Å²) in [4.78, 5) is 0. The number of aliphatic hydroxyl groups excluding tert-OH is 1. The first-order valence-corrected chi connectivity index (χ1v) is 5.57. The van der Waals surface area contributed by atoms with Crippen molar-refractivity contribution in [2.75, 3.05) is 13.7 Å². The van der Waals surface area contributed by atoms with Crippen LogP contribution in [0, 0.1) is 0 Å². The van der Waals surface area contributed by atoms with E-state index in [1.54, 1.807) is 7.11 Å². The third-order valence-corrected chi connectivity index (χ3v) is 2.88. The van der Waals surface area contributed by atoms with E-state index in [4.69, 9.17) is 9.84 Å². The summed E-state index contributed by atoms with van der Waals surface area (Å²) in [6, 6.07) is 8.19. The minimum atomic E-state index is 0.188. The molecule has 1 aromatic carbocycles. The molecular formula is C13H17NO2. The molecular weight excluding hydrogens is 202 g/mol. The zero-order valence-electron chi connectivity index (χ0n) is 9.73. The first kappa shape index (κ1) is 11.0. The van der Waals surface area contributed by atoms with Crippen molar-refractivity contribution in [3.63, 3.8) is 0 Å². The number of aliphatic hydroxyl groups is 1. The normalized spacial score (nSPS) is 10.9. The lowest BCUT2D eigenvalue weighted by molar-refractivity contribution is 0.296. The Kier molecular flexibility index (Phi) is 3.15. The van der Waals surface area contributed by atoms with Crippen molar-refractivity contribution >= 4 is 10.9 Å². The minimum absolute atomic E-state index is 0.188. The molecule has 0 saturated heterocycles. The molecule has 0 spiro atoms. The summed E-state index contributed by atoms with van der Waals surface area (Å²) >= 11 is 0. The fraction of sp³-hybridized carbons (Fsp3) is 0.385. The Hall–Kier alpha value is -1.48. The highest BCUT2D eigenvalue weighted by atomic mass is 16.5. The lowest BCUT2D eigenvalue weighted by Crippen LogP contribution is -2.02. The van der Waals surface area contributed by atoms with Crippen LogP contribution in [0.3, 0.4) is 0 Å². The van der Waals surface area contributed by atoms with Crippen LogP contribution in [0.25, 0.3) is 10.9 Å². The smallest absolute Gasteiger partial charge is 0.119 e. The molecule has 1 N–H and O–H groups in total. The van der Waals surface area contributed by atoms with Gasteiger partial charge in [-0.3, -0.25) is 0 Å². The number of ether oxygens (including phenoxy) is 1. The summed E-state index contributed by atoms with van der Waals surface area (Å²) in [7, 11) is 1.67. The van der Waals surface area contributed by atoms with Gasteiger partial charge < -0.3 is 14.4 Å². The van der Waals surface area contributed by atoms with Crippen molar-refractivity contribution in [3.05, 3.63) is 30.0 Å². The maximum atomic E-state index is 9.03. The summed E-state index contributed by atoms with van der Waals surface area (Å²) in [5, 5.41) is 10.2. The van der Waals surface area contributed by atoms with Gasteiger partial charge in [0.15, 0.2) is 0 Å². The van der Waals surface area contributed by atoms with E-state index in [0.717, 1.165) is 12.3 Å². The van der Waals surface area contributed by atoms with E-state index < -0.39 is 0 Å². The van der Waals surface area contributed by atoms with Crippen LogP contribution in [0.15, 0.2) is 24.3 Å². The number of methoxy groups -OCH3 is 1. The molecule has 0 unspecified atom stereocenters. The molecule has 0 bridgehead atoms. The van der Waals surface area contributed by atoms with E-state index in [1.807, 2.05) is 12.1 Å². The summed E-state index contributed by atoms with van der Waals surface area (Å²) in [6.45, 7) is 3.23. The third kappa shape index (κ3) is 1.78. The lowest BCUT2D eigenvalue weighted by Gasteiger charge is -2.06. The van der Waals surface area contributed by atoms with Crippen molar-refractivity contribution in [2.45, 2.75) is 19.9 Å². The monoisotopic (exact) mass is 219 g/mol. The molecule has 0 saturated carbocycles. The van der Waals surface area contributed by atoms with Crippen LogP contribution < -0.4 is 4.74 Å². The molecule has 0 fully saturated rings. The molecule has 2 aromatic rings. The number of rotatable bonds is 4. The molecule has 86 valence electrons. The van der Waals surface area contributed by atoms with Crippen LogP contribution in [0.5, 0.6) is 5.75 Å². The Labute approximate surface area is 95.3 Å². The lowest BCUT2D eigenvalue weighted by atomic mass is 10.2. The average Bonchev–Trinajstić information content (AvgIpc) is 2.65. The van der Waals surface area contributed by atoms with Gasteiger partial charge in [0.1, 0.15) is 5.75 Å². The van der Waals surface area contributed by atoms with Gasteiger partial charge in [-0.2, -0.15) is 0 Å². The maximum absolute atomic E-state index is 9.03. The maximum Gasteiger partial charge on any atom is 0.119 e. The molecule has 0 amide bonds. The molecule has 1 heterocycles. The second-order valence-corrected chi connectivity index (χ2v) is 3.78. The number of hydrogen-bond donors (Lipinski definition) is 1. The van der Waals surface area contributed by atoms with E-state index in [1.165, 1.54) is 16.6 Å². The number of hydrogen-bond acceptors (Lipinski definition) is 2. The summed E-state index contributed by atoms with van der Waals surface area (Å²) in [5.41, 5.74) is 2.38. The molecule has 0 aliphatic rings. The molecule has 2 rings (SSSR count). The number of aryl methyl sites for hydroxylation is 1. The molecule has 1 aromatic heterocycles. The first-order chi connectivity index (χ1) is 7.80. The van der Waals surface area contributed by atoms with E-state index in [-0.39, 0.29) is 6.61 Å². The van der Waals surface area contributed by atoms with Gasteiger partial charge in [-0.25, -0.2) is 0 Å². The van der Waals surface area contributed by atoms with Gasteiger partial charge >= 0.3 is 0 Å². The van der Waals surface area contributed by atoms with Crippen molar-refractivity contribution in [3.8, 4) is 5.75 Å². The SMILES string of the molecule is CCn1c(CCO)cc2cc(OC)ccc21. The Bertz CT molecular complexity index is 488. The minimum Gasteiger partial charge on any atom is -0.497 e. The Balaban J connectivity index is 2.57. The van der Waals surface area contributed by atoms with Crippen LogP contribution in [0.1, 0.15) is 12.6 Å². The number of benzene rings is 1. The van der Waals surface area contributed by atoms with Gasteiger partial charge in [0, 0.05) is 36.2 Å². The van der Waals surface area contributed by atoms with Crippen LogP contribution in [0.2, 0.25) is 0 Å². The first-order valence-electron chi connectivity index (χ1n) is 5.57. The van der Waals surface area contributed by atoms with Crippen LogP contribution in [-0.2, 0) is 13.0 Å². The highest BCUT2D eigenvalue weighted by molar-refractivity contribution is 5.83. The number of aromatic nitrogens is 1. The summed E-state index contributed by atoms with van der Waals surface area (Å²) < 4.78 is 7.43. The van der Waals surface area contributed by atoms with Crippen molar-refractivity contribution < 1.29 is 9.84 Å². The average molecular weight is 219 g/mol. The van der Waals surface area contributed by atoms with E-state index in [2.05, 4.69) is 23.6 Å². The summed E-state index contributed by atoms with van der Waals surface area (Å²) in [6.07, 6.45) is 0.699. The standard InChI is InChI=1S/C13H17NO2/c1-3-14-11(6-7-15)8-10-9-12(16-2)4-5-13(10)14/h4-5,8-9,15H,3,6-7H2,1-2H3. The number of nitrogens with zero attached hydrogens (tertiary/aromatic N) is 1. The van der Waals surface area contributed by atoms with Gasteiger partial charge in [-0.1, -0.05) is 0 Å².